The zero-order valence-electron chi connectivity index (χ0n) is 21.3. The second kappa shape index (κ2) is 11.5. The van der Waals surface area contributed by atoms with E-state index in [4.69, 9.17) is 28.7 Å². The number of nitrogens with zero attached hydrogens (tertiary/aromatic N) is 3. The van der Waals surface area contributed by atoms with Gasteiger partial charge in [-0.25, -0.2) is 4.98 Å². The third kappa shape index (κ3) is 5.21. The summed E-state index contributed by atoms with van der Waals surface area (Å²) in [6.45, 7) is 4.79. The predicted octanol–water partition coefficient (Wildman–Crippen LogP) is 2.89. The second-order valence-corrected chi connectivity index (χ2v) is 9.15. The Balaban J connectivity index is 1.31. The molecule has 1 aromatic heterocycles. The first-order valence-electron chi connectivity index (χ1n) is 11.6. The molecule has 1 aliphatic heterocycles. The lowest BCUT2D eigenvalue weighted by molar-refractivity contribution is 0.0947. The van der Waals surface area contributed by atoms with Gasteiger partial charge >= 0.3 is 0 Å². The molecule has 0 unspecified atom stereocenters. The number of hydrogen-bond donors (Lipinski definition) is 1. The van der Waals surface area contributed by atoms with Crippen LogP contribution in [0.5, 0.6) is 28.7 Å². The van der Waals surface area contributed by atoms with E-state index in [1.54, 1.807) is 37.7 Å². The minimum absolute atomic E-state index is 0.188. The Hall–Kier alpha value is -3.44. The first kappa shape index (κ1) is 25.6. The fourth-order valence-corrected chi connectivity index (χ4v) is 5.25. The number of hydrogen-bond acceptors (Lipinski definition) is 10. The number of ether oxygens (including phenoxy) is 5. The highest BCUT2D eigenvalue weighted by atomic mass is 32.1. The van der Waals surface area contributed by atoms with Crippen LogP contribution in [0.15, 0.2) is 24.3 Å². The summed E-state index contributed by atoms with van der Waals surface area (Å²) < 4.78 is 28.0. The number of fused-ring (bicyclic) bond motifs is 1. The molecule has 0 aliphatic carbocycles. The Kier molecular flexibility index (Phi) is 8.21. The van der Waals surface area contributed by atoms with Gasteiger partial charge in [0, 0.05) is 44.8 Å². The number of benzene rings is 2. The molecular formula is C25H32N4O6S. The molecule has 194 valence electrons. The molecular weight excluding hydrogens is 484 g/mol. The Morgan fingerprint density at radius 1 is 0.889 bits per heavy atom. The highest BCUT2D eigenvalue weighted by molar-refractivity contribution is 7.22. The van der Waals surface area contributed by atoms with Crippen molar-refractivity contribution in [3.63, 3.8) is 0 Å². The molecule has 0 radical (unpaired) electrons. The van der Waals surface area contributed by atoms with E-state index >= 15 is 0 Å². The van der Waals surface area contributed by atoms with Crippen LogP contribution in [-0.2, 0) is 0 Å². The molecule has 11 heteroatoms. The number of carbonyl (C=O) groups excluding carboxylic acids is 1. The molecule has 1 fully saturated rings. The molecule has 2 heterocycles. The standard InChI is InChI=1S/C25H32N4O6S/c1-31-17-6-7-20-21(23(17)35-5)27-25(36-20)29-12-10-28(11-13-29)9-8-26-24(30)16-14-18(32-2)22(34-4)19(15-16)33-3/h6-7,14-15H,8-13H2,1-5H3,(H,26,30). The Labute approximate surface area is 214 Å². The Morgan fingerprint density at radius 2 is 1.53 bits per heavy atom. The summed E-state index contributed by atoms with van der Waals surface area (Å²) in [4.78, 5) is 22.2. The number of thiazole rings is 1. The second-order valence-electron chi connectivity index (χ2n) is 8.14. The van der Waals surface area contributed by atoms with E-state index in [9.17, 15) is 4.79 Å². The van der Waals surface area contributed by atoms with E-state index in [0.717, 1.165) is 48.1 Å². The van der Waals surface area contributed by atoms with Gasteiger partial charge in [-0.1, -0.05) is 11.3 Å². The number of nitrogens with one attached hydrogen (secondary N) is 1. The first-order valence-corrected chi connectivity index (χ1v) is 12.4. The Bertz CT molecular complexity index is 1180. The normalized spacial score (nSPS) is 14.0. The highest BCUT2D eigenvalue weighted by Crippen LogP contribution is 2.40. The van der Waals surface area contributed by atoms with E-state index in [2.05, 4.69) is 15.1 Å². The number of methoxy groups -OCH3 is 5. The van der Waals surface area contributed by atoms with Gasteiger partial charge in [-0.3, -0.25) is 9.69 Å². The van der Waals surface area contributed by atoms with E-state index in [0.29, 0.717) is 40.9 Å². The van der Waals surface area contributed by atoms with Crippen LogP contribution in [0, 0.1) is 0 Å². The number of rotatable bonds is 10. The van der Waals surface area contributed by atoms with Crippen molar-refractivity contribution in [2.45, 2.75) is 0 Å². The van der Waals surface area contributed by atoms with Crippen LogP contribution >= 0.6 is 11.3 Å². The zero-order chi connectivity index (χ0) is 25.7. The van der Waals surface area contributed by atoms with Crippen LogP contribution in [0.3, 0.4) is 0 Å². The highest BCUT2D eigenvalue weighted by Gasteiger charge is 2.22. The van der Waals surface area contributed by atoms with Gasteiger partial charge in [0.1, 0.15) is 5.52 Å². The van der Waals surface area contributed by atoms with Gasteiger partial charge in [-0.15, -0.1) is 0 Å². The number of aromatic nitrogens is 1. The largest absolute Gasteiger partial charge is 0.493 e. The average molecular weight is 517 g/mol. The van der Waals surface area contributed by atoms with Crippen molar-refractivity contribution >= 4 is 32.6 Å². The third-order valence-electron chi connectivity index (χ3n) is 6.17. The van der Waals surface area contributed by atoms with E-state index in [1.807, 2.05) is 12.1 Å². The summed E-state index contributed by atoms with van der Waals surface area (Å²) >= 11 is 1.66. The van der Waals surface area contributed by atoms with Crippen molar-refractivity contribution in [3.05, 3.63) is 29.8 Å². The van der Waals surface area contributed by atoms with Crippen LogP contribution in [0.1, 0.15) is 10.4 Å². The summed E-state index contributed by atoms with van der Waals surface area (Å²) in [6.07, 6.45) is 0. The number of amides is 1. The number of anilines is 1. The number of carbonyl (C=O) groups is 1. The maximum Gasteiger partial charge on any atom is 0.251 e. The molecule has 1 aliphatic rings. The number of piperazine rings is 1. The third-order valence-corrected chi connectivity index (χ3v) is 7.26. The monoisotopic (exact) mass is 516 g/mol. The molecule has 0 atom stereocenters. The minimum Gasteiger partial charge on any atom is -0.493 e. The molecule has 0 bridgehead atoms. The molecule has 1 N–H and O–H groups in total. The van der Waals surface area contributed by atoms with Crippen LogP contribution in [0.4, 0.5) is 5.13 Å². The lowest BCUT2D eigenvalue weighted by Gasteiger charge is -2.34. The predicted molar refractivity (Wildman–Crippen MR) is 140 cm³/mol. The molecule has 2 aromatic carbocycles. The molecule has 0 saturated carbocycles. The van der Waals surface area contributed by atoms with Gasteiger partial charge in [0.05, 0.1) is 40.2 Å². The minimum atomic E-state index is -0.188. The van der Waals surface area contributed by atoms with Gasteiger partial charge < -0.3 is 33.9 Å². The first-order chi connectivity index (χ1) is 17.5. The topological polar surface area (TPSA) is 94.6 Å². The van der Waals surface area contributed by atoms with Gasteiger partial charge in [0.2, 0.25) is 5.75 Å². The summed E-state index contributed by atoms with van der Waals surface area (Å²) in [7, 11) is 7.85. The molecule has 3 aromatic rings. The summed E-state index contributed by atoms with van der Waals surface area (Å²) in [5.41, 5.74) is 1.28. The van der Waals surface area contributed by atoms with Gasteiger partial charge in [-0.05, 0) is 24.3 Å². The Morgan fingerprint density at radius 3 is 2.11 bits per heavy atom. The SMILES string of the molecule is COc1cc(C(=O)NCCN2CCN(c3nc4c(OC)c(OC)ccc4s3)CC2)cc(OC)c1OC. The average Bonchev–Trinajstić information content (AvgIpc) is 3.36. The maximum atomic E-state index is 12.7. The van der Waals surface area contributed by atoms with Crippen molar-refractivity contribution in [1.82, 2.24) is 15.2 Å². The smallest absolute Gasteiger partial charge is 0.251 e. The quantitative estimate of drug-likeness (QED) is 0.436. The molecule has 1 saturated heterocycles. The van der Waals surface area contributed by atoms with Crippen LogP contribution < -0.4 is 33.9 Å². The van der Waals surface area contributed by atoms with Crippen LogP contribution in [0.25, 0.3) is 10.2 Å². The van der Waals surface area contributed by atoms with Crippen molar-refractivity contribution in [3.8, 4) is 28.7 Å². The zero-order valence-corrected chi connectivity index (χ0v) is 22.1. The van der Waals surface area contributed by atoms with Crippen LogP contribution in [-0.4, -0.2) is 90.6 Å². The van der Waals surface area contributed by atoms with Crippen LogP contribution in [0.2, 0.25) is 0 Å². The van der Waals surface area contributed by atoms with Gasteiger partial charge in [0.25, 0.3) is 5.91 Å². The van der Waals surface area contributed by atoms with Crippen molar-refractivity contribution in [2.24, 2.45) is 0 Å². The molecule has 10 nitrogen and oxygen atoms in total. The summed E-state index contributed by atoms with van der Waals surface area (Å²) in [5.74, 6) is 2.51. The lowest BCUT2D eigenvalue weighted by atomic mass is 10.1. The van der Waals surface area contributed by atoms with E-state index in [1.165, 1.54) is 21.3 Å². The van der Waals surface area contributed by atoms with Gasteiger partial charge in [-0.2, -0.15) is 0 Å². The van der Waals surface area contributed by atoms with E-state index < -0.39 is 0 Å². The van der Waals surface area contributed by atoms with Crippen molar-refractivity contribution in [2.75, 3.05) is 79.7 Å². The fraction of sp³-hybridized carbons (Fsp3) is 0.440. The molecule has 36 heavy (non-hydrogen) atoms. The maximum absolute atomic E-state index is 12.7. The fourth-order valence-electron chi connectivity index (χ4n) is 4.24. The van der Waals surface area contributed by atoms with E-state index in [-0.39, 0.29) is 5.91 Å². The molecule has 1 amide bonds. The van der Waals surface area contributed by atoms with Crippen molar-refractivity contribution in [1.29, 1.82) is 0 Å². The summed E-state index contributed by atoms with van der Waals surface area (Å²) in [6, 6.07) is 7.23. The van der Waals surface area contributed by atoms with Gasteiger partial charge in [0.15, 0.2) is 28.1 Å². The van der Waals surface area contributed by atoms with Crippen molar-refractivity contribution < 1.29 is 28.5 Å². The summed E-state index contributed by atoms with van der Waals surface area (Å²) in [5, 5.41) is 3.97. The molecule has 0 spiro atoms. The molecule has 4 rings (SSSR count). The lowest BCUT2D eigenvalue weighted by Crippen LogP contribution is -2.48.